The Morgan fingerprint density at radius 3 is 2.71 bits per heavy atom. The zero-order chi connectivity index (χ0) is 10.6. The van der Waals surface area contributed by atoms with Crippen LogP contribution in [0.25, 0.3) is 0 Å². The third-order valence-electron chi connectivity index (χ3n) is 1.78. The maximum absolute atomic E-state index is 11.7. The summed E-state index contributed by atoms with van der Waals surface area (Å²) >= 11 is 0. The van der Waals surface area contributed by atoms with Crippen molar-refractivity contribution in [3.63, 3.8) is 0 Å². The molecule has 0 spiro atoms. The molecule has 0 radical (unpaired) electrons. The molecule has 0 saturated heterocycles. The van der Waals surface area contributed by atoms with Gasteiger partial charge in [-0.15, -0.1) is 0 Å². The minimum absolute atomic E-state index is 0.288. The van der Waals surface area contributed by atoms with E-state index in [1.54, 1.807) is 17.0 Å². The molecule has 0 bridgehead atoms. The average molecular weight is 207 g/mol. The highest BCUT2D eigenvalue weighted by atomic mass is 19.4. The summed E-state index contributed by atoms with van der Waals surface area (Å²) < 4.78 is 37.0. The number of hydrogen-bond acceptors (Lipinski definition) is 2. The summed E-state index contributed by atoms with van der Waals surface area (Å²) in [5.74, 6) is 0.804. The lowest BCUT2D eigenvalue weighted by Gasteiger charge is -2.09. The molecule has 1 rings (SSSR count). The number of aromatic nitrogens is 2. The monoisotopic (exact) mass is 207 g/mol. The molecule has 6 heteroatoms. The Labute approximate surface area is 79.9 Å². The fraction of sp³-hybridized carbons (Fsp3) is 0.625. The zero-order valence-corrected chi connectivity index (χ0v) is 7.80. The topological polar surface area (TPSA) is 29.9 Å². The first-order valence-corrected chi connectivity index (χ1v) is 4.24. The van der Waals surface area contributed by atoms with Gasteiger partial charge in [-0.05, 0) is 6.92 Å². The summed E-state index contributed by atoms with van der Waals surface area (Å²) in [6, 6.07) is 0. The second-order valence-corrected chi connectivity index (χ2v) is 2.96. The van der Waals surface area contributed by atoms with E-state index in [9.17, 15) is 13.2 Å². The molecule has 1 N–H and O–H groups in total. The van der Waals surface area contributed by atoms with Gasteiger partial charge in [0.15, 0.2) is 0 Å². The fourth-order valence-electron chi connectivity index (χ4n) is 1.07. The number of halogens is 3. The molecule has 0 fully saturated rings. The van der Waals surface area contributed by atoms with E-state index < -0.39 is 12.7 Å². The number of hydrogen-bond donors (Lipinski definition) is 1. The molecule has 0 saturated carbocycles. The minimum atomic E-state index is -4.13. The van der Waals surface area contributed by atoms with Crippen LogP contribution in [0.15, 0.2) is 12.4 Å². The van der Waals surface area contributed by atoms with Gasteiger partial charge >= 0.3 is 6.18 Å². The van der Waals surface area contributed by atoms with Crippen LogP contribution in [0.3, 0.4) is 0 Å². The SMILES string of the molecule is Cc1nccn1CCNCC(F)(F)F. The molecule has 14 heavy (non-hydrogen) atoms. The van der Waals surface area contributed by atoms with Crippen LogP contribution >= 0.6 is 0 Å². The van der Waals surface area contributed by atoms with Crippen molar-refractivity contribution in [2.45, 2.75) is 19.6 Å². The summed E-state index contributed by atoms with van der Waals surface area (Å²) in [6.07, 6.45) is -0.770. The Bertz CT molecular complexity index is 280. The van der Waals surface area contributed by atoms with E-state index in [1.165, 1.54) is 0 Å². The Morgan fingerprint density at radius 2 is 2.21 bits per heavy atom. The molecule has 1 aromatic heterocycles. The van der Waals surface area contributed by atoms with Crippen molar-refractivity contribution in [1.29, 1.82) is 0 Å². The highest BCUT2D eigenvalue weighted by Crippen LogP contribution is 2.11. The van der Waals surface area contributed by atoms with Crippen molar-refractivity contribution >= 4 is 0 Å². The number of rotatable bonds is 4. The van der Waals surface area contributed by atoms with E-state index in [4.69, 9.17) is 0 Å². The molecule has 1 aromatic rings. The van der Waals surface area contributed by atoms with Gasteiger partial charge in [-0.25, -0.2) is 4.98 Å². The van der Waals surface area contributed by atoms with Crippen molar-refractivity contribution < 1.29 is 13.2 Å². The van der Waals surface area contributed by atoms with Gasteiger partial charge in [0, 0.05) is 25.5 Å². The van der Waals surface area contributed by atoms with Gasteiger partial charge in [0.1, 0.15) is 5.82 Å². The number of aryl methyl sites for hydroxylation is 1. The number of alkyl halides is 3. The quantitative estimate of drug-likeness (QED) is 0.755. The van der Waals surface area contributed by atoms with Crippen LogP contribution in [0.1, 0.15) is 5.82 Å². The molecule has 80 valence electrons. The maximum Gasteiger partial charge on any atom is 0.401 e. The second kappa shape index (κ2) is 4.45. The summed E-state index contributed by atoms with van der Waals surface area (Å²) in [4.78, 5) is 3.96. The first-order valence-electron chi connectivity index (χ1n) is 4.24. The summed E-state index contributed by atoms with van der Waals surface area (Å²) in [6.45, 7) is 1.66. The van der Waals surface area contributed by atoms with Crippen LogP contribution in [-0.4, -0.2) is 28.8 Å². The summed E-state index contributed by atoms with van der Waals surface area (Å²) in [7, 11) is 0. The first-order chi connectivity index (χ1) is 6.49. The number of imidazole rings is 1. The molecule has 0 unspecified atom stereocenters. The largest absolute Gasteiger partial charge is 0.401 e. The molecule has 0 aliphatic heterocycles. The van der Waals surface area contributed by atoms with Gasteiger partial charge in [0.05, 0.1) is 6.54 Å². The van der Waals surface area contributed by atoms with Crippen LogP contribution in [-0.2, 0) is 6.54 Å². The normalized spacial score (nSPS) is 12.0. The van der Waals surface area contributed by atoms with E-state index in [1.807, 2.05) is 6.92 Å². The lowest BCUT2D eigenvalue weighted by molar-refractivity contribution is -0.124. The molecule has 0 amide bonds. The fourth-order valence-corrected chi connectivity index (χ4v) is 1.07. The maximum atomic E-state index is 11.7. The van der Waals surface area contributed by atoms with Crippen LogP contribution in [0.4, 0.5) is 13.2 Å². The molecule has 1 heterocycles. The van der Waals surface area contributed by atoms with Crippen LogP contribution in [0, 0.1) is 6.92 Å². The molecule has 0 aromatic carbocycles. The molecule has 0 aliphatic carbocycles. The van der Waals surface area contributed by atoms with Gasteiger partial charge in [-0.3, -0.25) is 0 Å². The van der Waals surface area contributed by atoms with Crippen LogP contribution in [0.2, 0.25) is 0 Å². The smallest absolute Gasteiger partial charge is 0.334 e. The van der Waals surface area contributed by atoms with E-state index in [2.05, 4.69) is 10.3 Å². The zero-order valence-electron chi connectivity index (χ0n) is 7.80. The van der Waals surface area contributed by atoms with Gasteiger partial charge in [-0.1, -0.05) is 0 Å². The molecular weight excluding hydrogens is 195 g/mol. The van der Waals surface area contributed by atoms with E-state index in [0.29, 0.717) is 6.54 Å². The third-order valence-corrected chi connectivity index (χ3v) is 1.78. The Morgan fingerprint density at radius 1 is 1.50 bits per heavy atom. The highest BCUT2D eigenvalue weighted by Gasteiger charge is 2.25. The Kier molecular flexibility index (Phi) is 3.51. The standard InChI is InChI=1S/C8H12F3N3/c1-7-13-3-5-14(7)4-2-12-6-8(9,10)11/h3,5,12H,2,4,6H2,1H3. The van der Waals surface area contributed by atoms with E-state index >= 15 is 0 Å². The molecule has 3 nitrogen and oxygen atoms in total. The van der Waals surface area contributed by atoms with Crippen molar-refractivity contribution in [1.82, 2.24) is 14.9 Å². The molecule has 0 aliphatic rings. The lowest BCUT2D eigenvalue weighted by Crippen LogP contribution is -2.31. The van der Waals surface area contributed by atoms with Gasteiger partial charge in [0.25, 0.3) is 0 Å². The Balaban J connectivity index is 2.20. The molecule has 0 atom stereocenters. The van der Waals surface area contributed by atoms with Gasteiger partial charge in [-0.2, -0.15) is 13.2 Å². The average Bonchev–Trinajstić information content (AvgIpc) is 2.44. The van der Waals surface area contributed by atoms with Crippen molar-refractivity contribution in [2.75, 3.05) is 13.1 Å². The highest BCUT2D eigenvalue weighted by molar-refractivity contribution is 4.88. The first kappa shape index (κ1) is 11.0. The lowest BCUT2D eigenvalue weighted by atomic mass is 10.5. The third kappa shape index (κ3) is 3.78. The van der Waals surface area contributed by atoms with Gasteiger partial charge < -0.3 is 9.88 Å². The van der Waals surface area contributed by atoms with Crippen LogP contribution in [0.5, 0.6) is 0 Å². The van der Waals surface area contributed by atoms with E-state index in [0.717, 1.165) is 5.82 Å². The predicted octanol–water partition coefficient (Wildman–Crippen LogP) is 1.34. The van der Waals surface area contributed by atoms with Crippen molar-refractivity contribution in [3.05, 3.63) is 18.2 Å². The predicted molar refractivity (Wildman–Crippen MR) is 45.9 cm³/mol. The van der Waals surface area contributed by atoms with Crippen molar-refractivity contribution in [3.8, 4) is 0 Å². The number of nitrogens with zero attached hydrogens (tertiary/aromatic N) is 2. The second-order valence-electron chi connectivity index (χ2n) is 2.96. The summed E-state index contributed by atoms with van der Waals surface area (Å²) in [5, 5.41) is 2.32. The van der Waals surface area contributed by atoms with Crippen LogP contribution < -0.4 is 5.32 Å². The van der Waals surface area contributed by atoms with Gasteiger partial charge in [0.2, 0.25) is 0 Å². The minimum Gasteiger partial charge on any atom is -0.334 e. The Hall–Kier alpha value is -1.04. The van der Waals surface area contributed by atoms with Crippen molar-refractivity contribution in [2.24, 2.45) is 0 Å². The van der Waals surface area contributed by atoms with E-state index in [-0.39, 0.29) is 6.54 Å². The molecular formula is C8H12F3N3. The number of nitrogens with one attached hydrogen (secondary N) is 1. The summed E-state index contributed by atoms with van der Waals surface area (Å²) in [5.41, 5.74) is 0.